The molecule has 0 saturated heterocycles. The largest absolute Gasteiger partial charge is 0.478 e. The highest BCUT2D eigenvalue weighted by molar-refractivity contribution is 7.99. The number of hydrogen-bond acceptors (Lipinski definition) is 3. The number of halogens is 3. The summed E-state index contributed by atoms with van der Waals surface area (Å²) in [5, 5.41) is 12.2. The van der Waals surface area contributed by atoms with Crippen molar-refractivity contribution in [3.8, 4) is 0 Å². The maximum absolute atomic E-state index is 12.7. The molecule has 18 heavy (non-hydrogen) atoms. The number of aryl methyl sites for hydroxylation is 1. The number of hydrogen-bond donors (Lipinski definition) is 1. The topological polar surface area (TPSA) is 55.1 Å². The van der Waals surface area contributed by atoms with Crippen LogP contribution in [-0.2, 0) is 13.2 Å². The van der Waals surface area contributed by atoms with Crippen LogP contribution in [0.15, 0.2) is 5.03 Å². The molecule has 1 aromatic rings. The number of carbonyl (C=O) groups is 1. The SMILES string of the molecule is CC(C)CSc1c(C(=O)O)c(C(F)(F)F)nn1C. The van der Waals surface area contributed by atoms with Crippen LogP contribution in [0.2, 0.25) is 0 Å². The van der Waals surface area contributed by atoms with Gasteiger partial charge in [0.05, 0.1) is 0 Å². The first-order chi connectivity index (χ1) is 8.14. The van der Waals surface area contributed by atoms with Crippen molar-refractivity contribution in [3.63, 3.8) is 0 Å². The maximum Gasteiger partial charge on any atom is 0.436 e. The Morgan fingerprint density at radius 3 is 2.44 bits per heavy atom. The van der Waals surface area contributed by atoms with Gasteiger partial charge in [0.2, 0.25) is 0 Å². The van der Waals surface area contributed by atoms with E-state index in [4.69, 9.17) is 5.11 Å². The summed E-state index contributed by atoms with van der Waals surface area (Å²) < 4.78 is 38.9. The van der Waals surface area contributed by atoms with Crippen LogP contribution in [-0.4, -0.2) is 26.6 Å². The number of rotatable bonds is 4. The molecule has 0 amide bonds. The quantitative estimate of drug-likeness (QED) is 0.863. The lowest BCUT2D eigenvalue weighted by molar-refractivity contribution is -0.141. The lowest BCUT2D eigenvalue weighted by atomic mass is 10.2. The van der Waals surface area contributed by atoms with E-state index in [0.29, 0.717) is 5.75 Å². The molecule has 0 unspecified atom stereocenters. The van der Waals surface area contributed by atoms with Crippen molar-refractivity contribution < 1.29 is 23.1 Å². The number of carboxylic acid groups (broad SMARTS) is 1. The van der Waals surface area contributed by atoms with E-state index in [2.05, 4.69) is 5.10 Å². The number of aromatic nitrogens is 2. The second-order valence-corrected chi connectivity index (χ2v) is 5.17. The van der Waals surface area contributed by atoms with Crippen LogP contribution in [0.5, 0.6) is 0 Å². The molecule has 0 aromatic carbocycles. The van der Waals surface area contributed by atoms with E-state index in [-0.39, 0.29) is 10.9 Å². The van der Waals surface area contributed by atoms with E-state index in [0.717, 1.165) is 16.4 Å². The van der Waals surface area contributed by atoms with Crippen LogP contribution in [0.25, 0.3) is 0 Å². The summed E-state index contributed by atoms with van der Waals surface area (Å²) in [6, 6.07) is 0. The predicted octanol–water partition coefficient (Wildman–Crippen LogP) is 2.89. The van der Waals surface area contributed by atoms with E-state index >= 15 is 0 Å². The third-order valence-corrected chi connectivity index (χ3v) is 3.61. The molecule has 0 aliphatic heterocycles. The smallest absolute Gasteiger partial charge is 0.436 e. The fourth-order valence-corrected chi connectivity index (χ4v) is 2.36. The maximum atomic E-state index is 12.7. The standard InChI is InChI=1S/C10H13F3N2O2S/c1-5(2)4-18-8-6(9(16)17)7(10(11,12)13)14-15(8)3/h5H,4H2,1-3H3,(H,16,17). The van der Waals surface area contributed by atoms with E-state index in [9.17, 15) is 18.0 Å². The third kappa shape index (κ3) is 3.18. The summed E-state index contributed by atoms with van der Waals surface area (Å²) in [4.78, 5) is 11.0. The van der Waals surface area contributed by atoms with Gasteiger partial charge in [0.25, 0.3) is 0 Å². The van der Waals surface area contributed by atoms with Crippen LogP contribution in [0.3, 0.4) is 0 Å². The highest BCUT2D eigenvalue weighted by Crippen LogP contribution is 2.36. The minimum Gasteiger partial charge on any atom is -0.478 e. The number of nitrogens with zero attached hydrogens (tertiary/aromatic N) is 2. The van der Waals surface area contributed by atoms with Crippen molar-refractivity contribution in [1.29, 1.82) is 0 Å². The fraction of sp³-hybridized carbons (Fsp3) is 0.600. The molecule has 0 bridgehead atoms. The Hall–Kier alpha value is -1.18. The van der Waals surface area contributed by atoms with Gasteiger partial charge in [0, 0.05) is 12.8 Å². The summed E-state index contributed by atoms with van der Waals surface area (Å²) in [6.07, 6.45) is -4.76. The Bertz CT molecular complexity index is 455. The zero-order chi connectivity index (χ0) is 14.1. The van der Waals surface area contributed by atoms with Gasteiger partial charge in [-0.1, -0.05) is 13.8 Å². The van der Waals surface area contributed by atoms with Gasteiger partial charge in [-0.3, -0.25) is 4.68 Å². The Morgan fingerprint density at radius 1 is 1.50 bits per heavy atom. The molecule has 0 fully saturated rings. The normalized spacial score (nSPS) is 12.2. The monoisotopic (exact) mass is 282 g/mol. The Balaban J connectivity index is 3.25. The lowest BCUT2D eigenvalue weighted by Crippen LogP contribution is -2.12. The molecule has 0 atom stereocenters. The average Bonchev–Trinajstić information content (AvgIpc) is 2.52. The Morgan fingerprint density at radius 2 is 2.06 bits per heavy atom. The molecule has 1 aromatic heterocycles. The van der Waals surface area contributed by atoms with Gasteiger partial charge >= 0.3 is 12.1 Å². The second-order valence-electron chi connectivity index (χ2n) is 4.16. The van der Waals surface area contributed by atoms with Gasteiger partial charge in [0.1, 0.15) is 10.6 Å². The first-order valence-electron chi connectivity index (χ1n) is 5.14. The van der Waals surface area contributed by atoms with Crippen molar-refractivity contribution >= 4 is 17.7 Å². The minimum absolute atomic E-state index is 0.0310. The zero-order valence-electron chi connectivity index (χ0n) is 10.1. The molecule has 0 radical (unpaired) electrons. The molecule has 4 nitrogen and oxygen atoms in total. The molecule has 0 aliphatic rings. The minimum atomic E-state index is -4.76. The number of carboxylic acids is 1. The molecule has 8 heteroatoms. The zero-order valence-corrected chi connectivity index (χ0v) is 10.9. The molecule has 1 rings (SSSR count). The molecule has 102 valence electrons. The van der Waals surface area contributed by atoms with Crippen molar-refractivity contribution in [1.82, 2.24) is 9.78 Å². The van der Waals surface area contributed by atoms with Gasteiger partial charge in [0.15, 0.2) is 5.69 Å². The Kier molecular flexibility index (Phi) is 4.31. The fourth-order valence-electron chi connectivity index (χ4n) is 1.31. The van der Waals surface area contributed by atoms with Gasteiger partial charge in [-0.15, -0.1) is 11.8 Å². The molecule has 0 spiro atoms. The summed E-state index contributed by atoms with van der Waals surface area (Å²) in [6.45, 7) is 3.79. The third-order valence-electron chi connectivity index (χ3n) is 2.03. The Labute approximate surface area is 106 Å². The van der Waals surface area contributed by atoms with Gasteiger partial charge in [-0.2, -0.15) is 18.3 Å². The van der Waals surface area contributed by atoms with E-state index in [1.165, 1.54) is 7.05 Å². The van der Waals surface area contributed by atoms with Crippen molar-refractivity contribution in [3.05, 3.63) is 11.3 Å². The van der Waals surface area contributed by atoms with Crippen LogP contribution in [0, 0.1) is 5.92 Å². The molecule has 1 N–H and O–H groups in total. The van der Waals surface area contributed by atoms with Crippen molar-refractivity contribution in [2.24, 2.45) is 13.0 Å². The van der Waals surface area contributed by atoms with Crippen LogP contribution < -0.4 is 0 Å². The van der Waals surface area contributed by atoms with E-state index < -0.39 is 23.4 Å². The lowest BCUT2D eigenvalue weighted by Gasteiger charge is -2.06. The molecular weight excluding hydrogens is 269 g/mol. The summed E-state index contributed by atoms with van der Waals surface area (Å²) >= 11 is 1.07. The molecule has 0 aliphatic carbocycles. The highest BCUT2D eigenvalue weighted by Gasteiger charge is 2.41. The first kappa shape index (κ1) is 14.9. The van der Waals surface area contributed by atoms with Crippen LogP contribution >= 0.6 is 11.8 Å². The van der Waals surface area contributed by atoms with E-state index in [1.807, 2.05) is 13.8 Å². The summed E-state index contributed by atoms with van der Waals surface area (Å²) in [7, 11) is 1.31. The van der Waals surface area contributed by atoms with Crippen molar-refractivity contribution in [2.75, 3.05) is 5.75 Å². The molecule has 1 heterocycles. The van der Waals surface area contributed by atoms with Crippen LogP contribution in [0.1, 0.15) is 29.9 Å². The number of thioether (sulfide) groups is 1. The first-order valence-corrected chi connectivity index (χ1v) is 6.13. The number of aromatic carboxylic acids is 1. The van der Waals surface area contributed by atoms with E-state index in [1.54, 1.807) is 0 Å². The summed E-state index contributed by atoms with van der Waals surface area (Å²) in [5.41, 5.74) is -2.11. The molecule has 0 saturated carbocycles. The van der Waals surface area contributed by atoms with Crippen molar-refractivity contribution in [2.45, 2.75) is 25.0 Å². The van der Waals surface area contributed by atoms with Gasteiger partial charge in [-0.25, -0.2) is 4.79 Å². The molecular formula is C10H13F3N2O2S. The van der Waals surface area contributed by atoms with Gasteiger partial charge in [-0.05, 0) is 5.92 Å². The second kappa shape index (κ2) is 5.21. The average molecular weight is 282 g/mol. The predicted molar refractivity (Wildman–Crippen MR) is 60.7 cm³/mol. The highest BCUT2D eigenvalue weighted by atomic mass is 32.2. The van der Waals surface area contributed by atoms with Gasteiger partial charge < -0.3 is 5.11 Å². The summed E-state index contributed by atoms with van der Waals surface area (Å²) in [5.74, 6) is -0.848. The van der Waals surface area contributed by atoms with Crippen LogP contribution in [0.4, 0.5) is 13.2 Å². The number of alkyl halides is 3.